The highest BCUT2D eigenvalue weighted by Crippen LogP contribution is 2.30. The third kappa shape index (κ3) is 2.83. The van der Waals surface area contributed by atoms with Crippen molar-refractivity contribution in [1.82, 2.24) is 0 Å². The summed E-state index contributed by atoms with van der Waals surface area (Å²) in [7, 11) is 0. The highest BCUT2D eigenvalue weighted by atomic mass is 79.9. The van der Waals surface area contributed by atoms with Gasteiger partial charge in [0.05, 0.1) is 9.40 Å². The molecule has 0 bridgehead atoms. The third-order valence-electron chi connectivity index (χ3n) is 1.49. The van der Waals surface area contributed by atoms with Gasteiger partial charge in [0.25, 0.3) is 5.69 Å². The first-order valence-corrected chi connectivity index (χ1v) is 4.82. The van der Waals surface area contributed by atoms with Gasteiger partial charge in [0.15, 0.2) is 5.11 Å². The van der Waals surface area contributed by atoms with Crippen molar-refractivity contribution in [1.29, 1.82) is 0 Å². The normalized spacial score (nSPS) is 9.73. The number of nitrogens with two attached hydrogens (primary N) is 1. The summed E-state index contributed by atoms with van der Waals surface area (Å²) in [5.74, 6) is -0.639. The molecule has 0 atom stereocenters. The minimum Gasteiger partial charge on any atom is -0.376 e. The predicted octanol–water partition coefficient (Wildman–Crippen LogP) is 2.15. The average molecular weight is 294 g/mol. The predicted molar refractivity (Wildman–Crippen MR) is 61.2 cm³/mol. The van der Waals surface area contributed by atoms with Crippen molar-refractivity contribution in [2.75, 3.05) is 5.32 Å². The number of halogens is 2. The largest absolute Gasteiger partial charge is 0.376 e. The minimum absolute atomic E-state index is 0.00249. The van der Waals surface area contributed by atoms with Gasteiger partial charge < -0.3 is 11.1 Å². The number of anilines is 1. The number of benzene rings is 1. The Morgan fingerprint density at radius 1 is 1.67 bits per heavy atom. The van der Waals surface area contributed by atoms with Gasteiger partial charge in [0, 0.05) is 12.1 Å². The van der Waals surface area contributed by atoms with Crippen LogP contribution < -0.4 is 11.1 Å². The first-order valence-electron chi connectivity index (χ1n) is 3.61. The molecule has 1 aromatic rings. The molecular formula is C7H5BrFN3O2S. The summed E-state index contributed by atoms with van der Waals surface area (Å²) in [4.78, 5) is 9.94. The smallest absolute Gasteiger partial charge is 0.294 e. The van der Waals surface area contributed by atoms with E-state index in [0.717, 1.165) is 12.1 Å². The number of thiocarbonyl (C=S) groups is 1. The molecule has 8 heteroatoms. The summed E-state index contributed by atoms with van der Waals surface area (Å²) < 4.78 is 13.1. The van der Waals surface area contributed by atoms with E-state index in [0.29, 0.717) is 0 Å². The zero-order valence-corrected chi connectivity index (χ0v) is 9.56. The van der Waals surface area contributed by atoms with Gasteiger partial charge in [-0.25, -0.2) is 4.39 Å². The van der Waals surface area contributed by atoms with E-state index < -0.39 is 10.7 Å². The van der Waals surface area contributed by atoms with Gasteiger partial charge in [-0.05, 0) is 28.1 Å². The van der Waals surface area contributed by atoms with Crippen LogP contribution in [0.5, 0.6) is 0 Å². The van der Waals surface area contributed by atoms with Gasteiger partial charge in [0.1, 0.15) is 11.5 Å². The number of nitro groups is 1. The van der Waals surface area contributed by atoms with Crippen LogP contribution in [0.25, 0.3) is 0 Å². The second-order valence-corrected chi connectivity index (χ2v) is 3.82. The van der Waals surface area contributed by atoms with Crippen molar-refractivity contribution < 1.29 is 9.31 Å². The van der Waals surface area contributed by atoms with Gasteiger partial charge in [0.2, 0.25) is 0 Å². The fourth-order valence-electron chi connectivity index (χ4n) is 0.920. The molecule has 0 spiro atoms. The van der Waals surface area contributed by atoms with E-state index in [1.807, 2.05) is 0 Å². The number of nitrogens with zero attached hydrogens (tertiary/aromatic N) is 1. The number of rotatable bonds is 2. The molecule has 5 nitrogen and oxygen atoms in total. The summed E-state index contributed by atoms with van der Waals surface area (Å²) in [6.07, 6.45) is 0. The summed E-state index contributed by atoms with van der Waals surface area (Å²) >= 11 is 7.35. The monoisotopic (exact) mass is 293 g/mol. The number of nitro benzene ring substituents is 1. The molecule has 0 radical (unpaired) electrons. The van der Waals surface area contributed by atoms with Crippen LogP contribution in [0.4, 0.5) is 15.8 Å². The van der Waals surface area contributed by atoms with E-state index in [-0.39, 0.29) is 21.0 Å². The zero-order valence-electron chi connectivity index (χ0n) is 7.16. The van der Waals surface area contributed by atoms with E-state index in [9.17, 15) is 14.5 Å². The zero-order chi connectivity index (χ0) is 11.6. The maximum atomic E-state index is 13.1. The summed E-state index contributed by atoms with van der Waals surface area (Å²) in [6, 6.07) is 1.98. The number of nitrogens with one attached hydrogen (secondary N) is 1. The van der Waals surface area contributed by atoms with Gasteiger partial charge in [-0.1, -0.05) is 0 Å². The number of hydrogen-bond donors (Lipinski definition) is 2. The lowest BCUT2D eigenvalue weighted by atomic mass is 10.2. The van der Waals surface area contributed by atoms with Crippen molar-refractivity contribution >= 4 is 44.6 Å². The van der Waals surface area contributed by atoms with Crippen LogP contribution in [0.15, 0.2) is 16.6 Å². The molecule has 1 rings (SSSR count). The summed E-state index contributed by atoms with van der Waals surface area (Å²) in [5, 5.41) is 12.8. The van der Waals surface area contributed by atoms with E-state index in [1.54, 1.807) is 0 Å². The van der Waals surface area contributed by atoms with Gasteiger partial charge >= 0.3 is 0 Å². The van der Waals surface area contributed by atoms with Crippen LogP contribution in [0.2, 0.25) is 0 Å². The van der Waals surface area contributed by atoms with Crippen molar-refractivity contribution in [2.45, 2.75) is 0 Å². The Morgan fingerprint density at radius 3 is 2.73 bits per heavy atom. The minimum atomic E-state index is -0.662. The quantitative estimate of drug-likeness (QED) is 0.496. The molecule has 0 saturated carbocycles. The Hall–Kier alpha value is -1.28. The molecule has 0 amide bonds. The summed E-state index contributed by atoms with van der Waals surface area (Å²) in [5.41, 5.74) is 4.76. The fourth-order valence-corrected chi connectivity index (χ4v) is 1.36. The van der Waals surface area contributed by atoms with E-state index in [2.05, 4.69) is 33.5 Å². The van der Waals surface area contributed by atoms with Crippen molar-refractivity contribution in [3.63, 3.8) is 0 Å². The maximum absolute atomic E-state index is 13.1. The topological polar surface area (TPSA) is 81.2 Å². The van der Waals surface area contributed by atoms with Crippen LogP contribution in [0.1, 0.15) is 0 Å². The SMILES string of the molecule is NC(=S)Nc1cc(F)c(Br)cc1[N+](=O)[O-]. The fraction of sp³-hybridized carbons (Fsp3) is 0. The lowest BCUT2D eigenvalue weighted by Crippen LogP contribution is -2.19. The Labute approximate surface area is 97.7 Å². The molecule has 3 N–H and O–H groups in total. The molecule has 0 fully saturated rings. The van der Waals surface area contributed by atoms with Crippen molar-refractivity contribution in [3.8, 4) is 0 Å². The van der Waals surface area contributed by atoms with Crippen LogP contribution in [0.3, 0.4) is 0 Å². The lowest BCUT2D eigenvalue weighted by molar-refractivity contribution is -0.384. The Balaban J connectivity index is 3.28. The first-order chi connectivity index (χ1) is 6.91. The molecule has 0 aliphatic rings. The van der Waals surface area contributed by atoms with Gasteiger partial charge in [-0.15, -0.1) is 0 Å². The molecule has 0 unspecified atom stereocenters. The first kappa shape index (κ1) is 11.8. The molecule has 0 saturated heterocycles. The third-order valence-corrected chi connectivity index (χ3v) is 2.20. The Bertz CT molecular complexity index is 440. The highest BCUT2D eigenvalue weighted by molar-refractivity contribution is 9.10. The Kier molecular flexibility index (Phi) is 3.53. The van der Waals surface area contributed by atoms with Crippen LogP contribution in [0, 0.1) is 15.9 Å². The molecule has 0 aliphatic carbocycles. The maximum Gasteiger partial charge on any atom is 0.294 e. The van der Waals surface area contributed by atoms with Gasteiger partial charge in [-0.3, -0.25) is 10.1 Å². The number of hydrogen-bond acceptors (Lipinski definition) is 3. The molecule has 0 heterocycles. The van der Waals surface area contributed by atoms with Crippen LogP contribution >= 0.6 is 28.1 Å². The molecule has 15 heavy (non-hydrogen) atoms. The standard InChI is InChI=1S/C7H5BrFN3O2S/c8-3-1-6(12(13)14)5(2-4(3)9)11-7(10)15/h1-2H,(H3,10,11,15). The molecule has 80 valence electrons. The second-order valence-electron chi connectivity index (χ2n) is 2.53. The second kappa shape index (κ2) is 4.49. The lowest BCUT2D eigenvalue weighted by Gasteiger charge is -2.05. The Morgan fingerprint density at radius 2 is 2.27 bits per heavy atom. The van der Waals surface area contributed by atoms with Crippen molar-refractivity contribution in [2.24, 2.45) is 5.73 Å². The van der Waals surface area contributed by atoms with E-state index >= 15 is 0 Å². The van der Waals surface area contributed by atoms with Crippen LogP contribution in [-0.2, 0) is 0 Å². The summed E-state index contributed by atoms with van der Waals surface area (Å²) in [6.45, 7) is 0. The molecule has 1 aromatic carbocycles. The molecule has 0 aromatic heterocycles. The van der Waals surface area contributed by atoms with Crippen molar-refractivity contribution in [3.05, 3.63) is 32.5 Å². The van der Waals surface area contributed by atoms with Crippen LogP contribution in [-0.4, -0.2) is 10.0 Å². The van der Waals surface area contributed by atoms with Gasteiger partial charge in [-0.2, -0.15) is 0 Å². The van der Waals surface area contributed by atoms with E-state index in [1.165, 1.54) is 0 Å². The molecule has 0 aliphatic heterocycles. The van der Waals surface area contributed by atoms with E-state index in [4.69, 9.17) is 5.73 Å². The molecular weight excluding hydrogens is 289 g/mol. The average Bonchev–Trinajstić information content (AvgIpc) is 2.09. The highest BCUT2D eigenvalue weighted by Gasteiger charge is 2.17.